The molecule has 0 spiro atoms. The van der Waals surface area contributed by atoms with E-state index in [4.69, 9.17) is 19.4 Å². The van der Waals surface area contributed by atoms with Crippen molar-refractivity contribution in [3.05, 3.63) is 188 Å². The average Bonchev–Trinajstić information content (AvgIpc) is 4.08. The van der Waals surface area contributed by atoms with Crippen LogP contribution in [-0.2, 0) is 0 Å². The van der Waals surface area contributed by atoms with Crippen molar-refractivity contribution in [1.82, 2.24) is 24.1 Å². The number of benzene rings is 9. The average molecular weight is 810 g/mol. The summed E-state index contributed by atoms with van der Waals surface area (Å²) in [5.74, 6) is 1.68. The third kappa shape index (κ3) is 4.71. The van der Waals surface area contributed by atoms with Crippen LogP contribution in [0, 0.1) is 0 Å². The van der Waals surface area contributed by atoms with Crippen LogP contribution in [0.5, 0.6) is 0 Å². The third-order valence-electron chi connectivity index (χ3n) is 12.6. The molecular weight excluding hydrogens is 779 g/mol. The third-order valence-corrected chi connectivity index (χ3v) is 13.8. The molecule has 0 fully saturated rings. The second-order valence-electron chi connectivity index (χ2n) is 15.9. The Hall–Kier alpha value is -8.13. The van der Waals surface area contributed by atoms with Gasteiger partial charge in [0.05, 0.1) is 38.7 Å². The van der Waals surface area contributed by atoms with Crippen molar-refractivity contribution in [2.24, 2.45) is 0 Å². The summed E-state index contributed by atoms with van der Waals surface area (Å²) in [5.41, 5.74) is 8.63. The molecule has 9 aromatic carbocycles. The topological polar surface area (TPSA) is 61.7 Å². The highest BCUT2D eigenvalue weighted by Crippen LogP contribution is 2.44. The standard InChI is InChI=1S/C55H31N5OS/c1-2-15-33-31-47-42(30-32(33)14-1)36-18-5-8-23-43(36)59(47)46-29-28-40(51-50(46)39-20-6-11-26-48(39)61-51)53-56-54(41-22-13-21-38-37-19-7-12-27-49(37)62-52(38)41)58-55(57-53)60-44-24-9-3-16-34(44)35-17-4-10-25-45(35)60/h1-31H. The van der Waals surface area contributed by atoms with Gasteiger partial charge < -0.3 is 8.98 Å². The van der Waals surface area contributed by atoms with E-state index in [0.29, 0.717) is 17.6 Å². The number of rotatable bonds is 4. The van der Waals surface area contributed by atoms with Crippen LogP contribution < -0.4 is 0 Å². The maximum Gasteiger partial charge on any atom is 0.238 e. The molecular formula is C55H31N5OS. The second kappa shape index (κ2) is 12.7. The van der Waals surface area contributed by atoms with Gasteiger partial charge in [0, 0.05) is 52.7 Å². The van der Waals surface area contributed by atoms with E-state index in [0.717, 1.165) is 76.3 Å². The number of furan rings is 1. The molecule has 0 amide bonds. The Morgan fingerprint density at radius 1 is 0.403 bits per heavy atom. The van der Waals surface area contributed by atoms with Crippen molar-refractivity contribution in [2.75, 3.05) is 0 Å². The molecule has 0 atom stereocenters. The number of hydrogen-bond acceptors (Lipinski definition) is 5. The molecule has 0 bridgehead atoms. The van der Waals surface area contributed by atoms with E-state index in [9.17, 15) is 0 Å². The van der Waals surface area contributed by atoms with Gasteiger partial charge in [-0.25, -0.2) is 4.98 Å². The molecule has 0 N–H and O–H groups in total. The highest BCUT2D eigenvalue weighted by molar-refractivity contribution is 7.26. The van der Waals surface area contributed by atoms with Crippen molar-refractivity contribution in [1.29, 1.82) is 0 Å². The van der Waals surface area contributed by atoms with Crippen molar-refractivity contribution < 1.29 is 4.42 Å². The molecule has 0 unspecified atom stereocenters. The molecule has 288 valence electrons. The predicted molar refractivity (Wildman–Crippen MR) is 257 cm³/mol. The Morgan fingerprint density at radius 3 is 1.74 bits per heavy atom. The minimum atomic E-state index is 0.536. The van der Waals surface area contributed by atoms with Gasteiger partial charge in [0.15, 0.2) is 11.6 Å². The molecule has 0 radical (unpaired) electrons. The summed E-state index contributed by atoms with van der Waals surface area (Å²) < 4.78 is 13.9. The summed E-state index contributed by atoms with van der Waals surface area (Å²) in [6.07, 6.45) is 0. The summed E-state index contributed by atoms with van der Waals surface area (Å²) in [6.45, 7) is 0. The van der Waals surface area contributed by atoms with Crippen LogP contribution in [0.2, 0.25) is 0 Å². The van der Waals surface area contributed by atoms with E-state index in [1.165, 1.54) is 37.0 Å². The first-order chi connectivity index (χ1) is 30.7. The van der Waals surface area contributed by atoms with E-state index in [1.54, 1.807) is 11.3 Å². The molecule has 7 heteroatoms. The molecule has 0 saturated heterocycles. The molecule has 0 aliphatic carbocycles. The molecule has 14 aromatic rings. The monoisotopic (exact) mass is 809 g/mol. The van der Waals surface area contributed by atoms with E-state index in [1.807, 2.05) is 12.1 Å². The highest BCUT2D eigenvalue weighted by Gasteiger charge is 2.25. The maximum atomic E-state index is 6.98. The maximum absolute atomic E-state index is 6.98. The Morgan fingerprint density at radius 2 is 0.984 bits per heavy atom. The second-order valence-corrected chi connectivity index (χ2v) is 17.0. The molecule has 5 heterocycles. The van der Waals surface area contributed by atoms with Gasteiger partial charge in [-0.15, -0.1) is 11.3 Å². The molecule has 5 aromatic heterocycles. The van der Waals surface area contributed by atoms with Gasteiger partial charge in [-0.3, -0.25) is 4.57 Å². The fourth-order valence-corrected chi connectivity index (χ4v) is 11.1. The van der Waals surface area contributed by atoms with E-state index in [2.05, 4.69) is 185 Å². The van der Waals surface area contributed by atoms with Gasteiger partial charge in [0.25, 0.3) is 0 Å². The first kappa shape index (κ1) is 33.7. The number of nitrogens with zero attached hydrogens (tertiary/aromatic N) is 5. The first-order valence-electron chi connectivity index (χ1n) is 20.8. The van der Waals surface area contributed by atoms with Crippen molar-refractivity contribution in [3.8, 4) is 34.4 Å². The lowest BCUT2D eigenvalue weighted by Crippen LogP contribution is -2.06. The highest BCUT2D eigenvalue weighted by atomic mass is 32.1. The van der Waals surface area contributed by atoms with Crippen LogP contribution in [0.4, 0.5) is 0 Å². The lowest BCUT2D eigenvalue weighted by atomic mass is 10.0. The Kier molecular flexibility index (Phi) is 6.89. The van der Waals surface area contributed by atoms with Crippen LogP contribution >= 0.6 is 11.3 Å². The number of thiophene rings is 1. The zero-order valence-electron chi connectivity index (χ0n) is 33.0. The predicted octanol–water partition coefficient (Wildman–Crippen LogP) is 14.8. The van der Waals surface area contributed by atoms with E-state index in [-0.39, 0.29) is 0 Å². The molecule has 14 rings (SSSR count). The van der Waals surface area contributed by atoms with Crippen LogP contribution in [0.15, 0.2) is 192 Å². The van der Waals surface area contributed by atoms with Gasteiger partial charge in [0.1, 0.15) is 11.2 Å². The molecule has 0 aliphatic rings. The quantitative estimate of drug-likeness (QED) is 0.178. The Bertz CT molecular complexity index is 4130. The van der Waals surface area contributed by atoms with Gasteiger partial charge in [0.2, 0.25) is 5.95 Å². The van der Waals surface area contributed by atoms with Gasteiger partial charge >= 0.3 is 0 Å². The normalized spacial score (nSPS) is 12.2. The summed E-state index contributed by atoms with van der Waals surface area (Å²) in [5, 5.41) is 11.5. The lowest BCUT2D eigenvalue weighted by molar-refractivity contribution is 0.669. The van der Waals surface area contributed by atoms with Crippen molar-refractivity contribution in [2.45, 2.75) is 0 Å². The number of aromatic nitrogens is 5. The SMILES string of the molecule is c1ccc2cc3c(cc2c1)c1ccccc1n3-c1ccc(-c2nc(-c3cccc4c3sc3ccccc34)nc(-n3c4ccccc4c4ccccc43)n2)c2oc3ccccc3c12. The Labute approximate surface area is 357 Å². The van der Waals surface area contributed by atoms with Crippen LogP contribution in [-0.4, -0.2) is 24.1 Å². The summed E-state index contributed by atoms with van der Waals surface area (Å²) in [4.78, 5) is 16.2. The van der Waals surface area contributed by atoms with Gasteiger partial charge in [-0.2, -0.15) is 9.97 Å². The van der Waals surface area contributed by atoms with Crippen LogP contribution in [0.25, 0.3) is 131 Å². The minimum Gasteiger partial charge on any atom is -0.455 e. The Balaban J connectivity index is 1.09. The van der Waals surface area contributed by atoms with Crippen molar-refractivity contribution in [3.63, 3.8) is 0 Å². The molecule has 62 heavy (non-hydrogen) atoms. The first-order valence-corrected chi connectivity index (χ1v) is 21.6. The van der Waals surface area contributed by atoms with Crippen molar-refractivity contribution >= 4 is 108 Å². The zero-order chi connectivity index (χ0) is 40.5. The number of hydrogen-bond donors (Lipinski definition) is 0. The molecule has 0 saturated carbocycles. The zero-order valence-corrected chi connectivity index (χ0v) is 33.8. The van der Waals surface area contributed by atoms with E-state index >= 15 is 0 Å². The summed E-state index contributed by atoms with van der Waals surface area (Å²) >= 11 is 1.77. The molecule has 0 aliphatic heterocycles. The van der Waals surface area contributed by atoms with Crippen LogP contribution in [0.3, 0.4) is 0 Å². The number of para-hydroxylation sites is 4. The summed E-state index contributed by atoms with van der Waals surface area (Å²) in [7, 11) is 0. The van der Waals surface area contributed by atoms with E-state index < -0.39 is 0 Å². The largest absolute Gasteiger partial charge is 0.455 e. The fourth-order valence-electron chi connectivity index (χ4n) is 9.85. The van der Waals surface area contributed by atoms with Gasteiger partial charge in [-0.1, -0.05) is 127 Å². The van der Waals surface area contributed by atoms with Crippen LogP contribution in [0.1, 0.15) is 0 Å². The minimum absolute atomic E-state index is 0.536. The molecule has 6 nitrogen and oxygen atoms in total. The number of fused-ring (bicyclic) bond motifs is 13. The fraction of sp³-hybridized carbons (Fsp3) is 0. The lowest BCUT2D eigenvalue weighted by Gasteiger charge is -2.14. The smallest absolute Gasteiger partial charge is 0.238 e. The van der Waals surface area contributed by atoms with Gasteiger partial charge in [-0.05, 0) is 71.4 Å². The summed E-state index contributed by atoms with van der Waals surface area (Å²) in [6, 6.07) is 66.6.